The highest BCUT2D eigenvalue weighted by atomic mass is 28.1. The van der Waals surface area contributed by atoms with Gasteiger partial charge in [0.1, 0.15) is 0 Å². The quantitative estimate of drug-likeness (QED) is 0.306. The molecule has 0 fully saturated rings. The topological polar surface area (TPSA) is 68.3 Å². The Balaban J connectivity index is 4.19. The molecule has 0 radical (unpaired) electrons. The van der Waals surface area contributed by atoms with Gasteiger partial charge in [-0.2, -0.15) is 0 Å². The van der Waals surface area contributed by atoms with Crippen molar-refractivity contribution in [3.8, 4) is 0 Å². The van der Waals surface area contributed by atoms with Crippen LogP contribution in [0, 0.1) is 0 Å². The van der Waals surface area contributed by atoms with Gasteiger partial charge in [0.25, 0.3) is 11.6 Å². The maximum Gasteiger partial charge on any atom is 0.271 e. The van der Waals surface area contributed by atoms with E-state index in [4.69, 9.17) is 0 Å². The Bertz CT molecular complexity index is 257. The molecule has 0 aromatic rings. The summed E-state index contributed by atoms with van der Waals surface area (Å²) in [5.74, 6) is -3.03. The van der Waals surface area contributed by atoms with E-state index in [1.807, 2.05) is 6.92 Å². The van der Waals surface area contributed by atoms with Crippen LogP contribution in [0.1, 0.15) is 26.2 Å². The summed E-state index contributed by atoms with van der Waals surface area (Å²) in [5.41, 5.74) is 0. The maximum absolute atomic E-state index is 10.9. The molecule has 0 aromatic carbocycles. The van der Waals surface area contributed by atoms with Crippen molar-refractivity contribution in [1.82, 2.24) is 0 Å². The average molecular weight is 200 g/mol. The second-order valence-corrected chi connectivity index (χ2v) is 3.65. The van der Waals surface area contributed by atoms with E-state index in [1.165, 1.54) is 0 Å². The third-order valence-electron chi connectivity index (χ3n) is 1.54. The van der Waals surface area contributed by atoms with E-state index >= 15 is 0 Å². The van der Waals surface area contributed by atoms with Gasteiger partial charge < -0.3 is 0 Å². The largest absolute Gasteiger partial charge is 0.297 e. The van der Waals surface area contributed by atoms with Crippen LogP contribution >= 0.6 is 0 Å². The smallest absolute Gasteiger partial charge is 0.271 e. The second-order valence-electron chi connectivity index (χ2n) is 2.74. The molecule has 0 unspecified atom stereocenters. The van der Waals surface area contributed by atoms with Crippen molar-refractivity contribution >= 4 is 33.0 Å². The van der Waals surface area contributed by atoms with Gasteiger partial charge in [0.2, 0.25) is 5.78 Å². The van der Waals surface area contributed by atoms with Crippen molar-refractivity contribution in [2.75, 3.05) is 0 Å². The molecule has 0 aliphatic carbocycles. The zero-order chi connectivity index (χ0) is 10.4. The Morgan fingerprint density at radius 1 is 1.08 bits per heavy atom. The number of ketones is 3. The molecule has 13 heavy (non-hydrogen) atoms. The minimum absolute atomic E-state index is 0.0100. The molecule has 0 rings (SSSR count). The zero-order valence-electron chi connectivity index (χ0n) is 7.75. The van der Waals surface area contributed by atoms with Gasteiger partial charge in [-0.05, 0) is 6.42 Å². The van der Waals surface area contributed by atoms with Gasteiger partial charge in [-0.3, -0.25) is 19.2 Å². The van der Waals surface area contributed by atoms with Crippen LogP contribution in [0.4, 0.5) is 0 Å². The van der Waals surface area contributed by atoms with Crippen molar-refractivity contribution in [1.29, 1.82) is 0 Å². The molecule has 0 aromatic heterocycles. The zero-order valence-corrected chi connectivity index (χ0v) is 9.75. The third kappa shape index (κ3) is 3.89. The highest BCUT2D eigenvalue weighted by molar-refractivity contribution is 6.92. The van der Waals surface area contributed by atoms with E-state index < -0.39 is 22.8 Å². The first-order chi connectivity index (χ1) is 6.00. The number of rotatable bonds is 6. The first kappa shape index (κ1) is 11.9. The van der Waals surface area contributed by atoms with Crippen LogP contribution < -0.4 is 0 Å². The van der Waals surface area contributed by atoms with Gasteiger partial charge in [0.05, 0.1) is 10.2 Å². The van der Waals surface area contributed by atoms with Crippen molar-refractivity contribution in [3.63, 3.8) is 0 Å². The molecule has 0 aliphatic rings. The lowest BCUT2D eigenvalue weighted by Crippen LogP contribution is -2.30. The number of hydrogen-bond donors (Lipinski definition) is 0. The summed E-state index contributed by atoms with van der Waals surface area (Å²) in [5, 5.41) is -0.741. The van der Waals surface area contributed by atoms with E-state index in [0.29, 0.717) is 6.42 Å². The fourth-order valence-electron chi connectivity index (χ4n) is 0.737. The minimum atomic E-state index is -1.15. The number of unbranched alkanes of at least 4 members (excludes halogenated alkanes) is 1. The molecular formula is C8H12O4Si. The van der Waals surface area contributed by atoms with Crippen LogP contribution in [-0.2, 0) is 19.2 Å². The Hall–Kier alpha value is -1.10. The van der Waals surface area contributed by atoms with Crippen LogP contribution in [-0.4, -0.2) is 33.0 Å². The summed E-state index contributed by atoms with van der Waals surface area (Å²) < 4.78 is 0. The van der Waals surface area contributed by atoms with Crippen LogP contribution in [0.3, 0.4) is 0 Å². The van der Waals surface area contributed by atoms with E-state index in [2.05, 4.69) is 0 Å². The van der Waals surface area contributed by atoms with Crippen molar-refractivity contribution in [3.05, 3.63) is 0 Å². The van der Waals surface area contributed by atoms with E-state index in [-0.39, 0.29) is 16.7 Å². The number of carbonyl (C=O) groups is 4. The summed E-state index contributed by atoms with van der Waals surface area (Å²) >= 11 is 0. The molecule has 0 saturated heterocycles. The normalized spacial score (nSPS) is 9.62. The van der Waals surface area contributed by atoms with E-state index in [9.17, 15) is 19.2 Å². The monoisotopic (exact) mass is 200 g/mol. The Morgan fingerprint density at radius 3 is 2.00 bits per heavy atom. The third-order valence-corrected chi connectivity index (χ3v) is 1.99. The first-order valence-corrected chi connectivity index (χ1v) is 5.13. The average Bonchev–Trinajstić information content (AvgIpc) is 2.11. The number of hydrogen-bond acceptors (Lipinski definition) is 4. The van der Waals surface area contributed by atoms with Gasteiger partial charge in [-0.25, -0.2) is 0 Å². The van der Waals surface area contributed by atoms with Crippen LogP contribution in [0.2, 0.25) is 0 Å². The van der Waals surface area contributed by atoms with Crippen LogP contribution in [0.5, 0.6) is 0 Å². The van der Waals surface area contributed by atoms with Crippen molar-refractivity contribution in [2.45, 2.75) is 26.2 Å². The molecule has 0 heterocycles. The predicted octanol–water partition coefficient (Wildman–Crippen LogP) is -1.22. The van der Waals surface area contributed by atoms with Gasteiger partial charge in [-0.15, -0.1) is 0 Å². The number of carbonyl (C=O) groups excluding carboxylic acids is 4. The Kier molecular flexibility index (Phi) is 5.06. The first-order valence-electron chi connectivity index (χ1n) is 4.13. The summed E-state index contributed by atoms with van der Waals surface area (Å²) in [6.07, 6.45) is 1.42. The fraction of sp³-hybridized carbons (Fsp3) is 0.500. The molecule has 0 saturated carbocycles. The number of Topliss-reactive ketones (excluding diaryl/α,β-unsaturated/α-hetero) is 3. The molecule has 72 valence electrons. The molecule has 0 aliphatic heterocycles. The maximum atomic E-state index is 10.9. The van der Waals surface area contributed by atoms with Crippen molar-refractivity contribution in [2.24, 2.45) is 0 Å². The molecular weight excluding hydrogens is 188 g/mol. The highest BCUT2D eigenvalue weighted by Gasteiger charge is 2.24. The van der Waals surface area contributed by atoms with E-state index in [0.717, 1.165) is 6.42 Å². The molecule has 5 heteroatoms. The molecule has 0 N–H and O–H groups in total. The molecule has 0 amide bonds. The van der Waals surface area contributed by atoms with Gasteiger partial charge in [0.15, 0.2) is 5.41 Å². The summed E-state index contributed by atoms with van der Waals surface area (Å²) in [7, 11) is -0.0100. The summed E-state index contributed by atoms with van der Waals surface area (Å²) in [4.78, 5) is 43.1. The van der Waals surface area contributed by atoms with Crippen LogP contribution in [0.25, 0.3) is 0 Å². The van der Waals surface area contributed by atoms with Crippen molar-refractivity contribution < 1.29 is 19.2 Å². The summed E-state index contributed by atoms with van der Waals surface area (Å²) in [6.45, 7) is 1.87. The SMILES string of the molecule is CCCCC(=O)C(=O)C(=O)C(=O)[SiH3]. The Morgan fingerprint density at radius 2 is 1.62 bits per heavy atom. The lowest BCUT2D eigenvalue weighted by atomic mass is 10.1. The lowest BCUT2D eigenvalue weighted by molar-refractivity contribution is -0.146. The Labute approximate surface area is 79.1 Å². The minimum Gasteiger partial charge on any atom is -0.297 e. The molecule has 0 atom stereocenters. The molecule has 0 spiro atoms. The van der Waals surface area contributed by atoms with Crippen LogP contribution in [0.15, 0.2) is 0 Å². The van der Waals surface area contributed by atoms with Gasteiger partial charge in [-0.1, -0.05) is 13.3 Å². The second kappa shape index (κ2) is 5.53. The fourth-order valence-corrected chi connectivity index (χ4v) is 0.964. The highest BCUT2D eigenvalue weighted by Crippen LogP contribution is 1.96. The van der Waals surface area contributed by atoms with Gasteiger partial charge in [0, 0.05) is 6.42 Å². The molecule has 0 bridgehead atoms. The lowest BCUT2D eigenvalue weighted by Gasteiger charge is -1.95. The van der Waals surface area contributed by atoms with Gasteiger partial charge >= 0.3 is 0 Å². The summed E-state index contributed by atoms with van der Waals surface area (Å²) in [6, 6.07) is 0. The standard InChI is InChI=1S/C8H12O4Si/c1-2-3-4-5(9)6(10)7(11)8(12)13/h2-4H2,1,13H3. The molecule has 4 nitrogen and oxygen atoms in total. The predicted molar refractivity (Wildman–Crippen MR) is 49.5 cm³/mol. The van der Waals surface area contributed by atoms with E-state index in [1.54, 1.807) is 0 Å².